The van der Waals surface area contributed by atoms with Gasteiger partial charge >= 0.3 is 39.3 Å². The summed E-state index contributed by atoms with van der Waals surface area (Å²) in [5.74, 6) is 0. The molecule has 31 heavy (non-hydrogen) atoms. The Morgan fingerprint density at radius 1 is 0.419 bits per heavy atom. The van der Waals surface area contributed by atoms with Crippen LogP contribution in [0.1, 0.15) is 0 Å². The zero-order valence-electron chi connectivity index (χ0n) is 17.0. The Balaban J connectivity index is 0.000000858. The van der Waals surface area contributed by atoms with Gasteiger partial charge in [-0.15, -0.1) is 0 Å². The largest absolute Gasteiger partial charge is 0.101 e. The molecule has 4 aromatic rings. The molecule has 0 radical (unpaired) electrons. The van der Waals surface area contributed by atoms with Gasteiger partial charge in [-0.25, -0.2) is 0 Å². The van der Waals surface area contributed by atoms with Crippen molar-refractivity contribution in [3.8, 4) is 0 Å². The molecule has 0 aliphatic rings. The molecule has 4 aromatic carbocycles. The van der Waals surface area contributed by atoms with Crippen LogP contribution in [0.15, 0.2) is 121 Å². The van der Waals surface area contributed by atoms with Crippen LogP contribution in [0.25, 0.3) is 0 Å². The van der Waals surface area contributed by atoms with Gasteiger partial charge in [0.15, 0.2) is 0 Å². The van der Waals surface area contributed by atoms with Crippen LogP contribution in [0.5, 0.6) is 0 Å². The fourth-order valence-electron chi connectivity index (χ4n) is 3.72. The van der Waals surface area contributed by atoms with Crippen molar-refractivity contribution in [1.29, 1.82) is 0 Å². The Morgan fingerprint density at radius 2 is 0.613 bits per heavy atom. The van der Waals surface area contributed by atoms with Gasteiger partial charge in [-0.05, 0) is 48.5 Å². The smallest absolute Gasteiger partial charge is 0.0620 e. The van der Waals surface area contributed by atoms with Crippen molar-refractivity contribution in [1.82, 2.24) is 0 Å². The molecule has 0 amide bonds. The Hall–Kier alpha value is -0.806. The number of rotatable bonds is 7. The van der Waals surface area contributed by atoms with Crippen LogP contribution in [-0.4, -0.2) is 12.3 Å². The second-order valence-corrected chi connectivity index (χ2v) is 17.2. The first kappa shape index (κ1) is 24.8. The van der Waals surface area contributed by atoms with E-state index in [1.54, 1.807) is 0 Å². The quantitative estimate of drug-likeness (QED) is 0.166. The minimum absolute atomic E-state index is 0.783. The maximum atomic E-state index is 3.00. The predicted molar refractivity (Wildman–Crippen MR) is 149 cm³/mol. The molecule has 0 heterocycles. The zero-order valence-corrected chi connectivity index (χ0v) is 23.2. The molecule has 0 nitrogen and oxygen atoms in total. The van der Waals surface area contributed by atoms with Crippen LogP contribution in [0, 0.1) is 0 Å². The molecule has 0 N–H and O–H groups in total. The maximum Gasteiger partial charge on any atom is 0.101 e. The minimum Gasteiger partial charge on any atom is -0.0620 e. The number of hydrogen-bond donors (Lipinski definition) is 0. The van der Waals surface area contributed by atoms with Crippen LogP contribution in [-0.2, 0) is 10.9 Å². The average molecular weight is 619 g/mol. The molecule has 0 aromatic heterocycles. The molecule has 0 aliphatic heterocycles. The SMILES string of the molecule is [Br][Ni][Br].c1ccc([PH+](CC[PH+](c2ccccc2)c2ccccc2)c2ccccc2)cc1. The maximum absolute atomic E-state index is 3.00. The van der Waals surface area contributed by atoms with Crippen molar-refractivity contribution in [3.63, 3.8) is 0 Å². The van der Waals surface area contributed by atoms with E-state index in [-0.39, 0.29) is 0 Å². The molecule has 0 saturated carbocycles. The van der Waals surface area contributed by atoms with Gasteiger partial charge in [0.25, 0.3) is 0 Å². The minimum atomic E-state index is -0.783. The first-order valence-electron chi connectivity index (χ1n) is 10.1. The Labute approximate surface area is 208 Å². The van der Waals surface area contributed by atoms with Crippen molar-refractivity contribution in [3.05, 3.63) is 121 Å². The van der Waals surface area contributed by atoms with Crippen molar-refractivity contribution in [2.45, 2.75) is 0 Å². The van der Waals surface area contributed by atoms with E-state index in [1.165, 1.54) is 44.4 Å². The number of halogens is 2. The summed E-state index contributed by atoms with van der Waals surface area (Å²) in [5.41, 5.74) is 0. The van der Waals surface area contributed by atoms with E-state index in [0.29, 0.717) is 0 Å². The van der Waals surface area contributed by atoms with Crippen molar-refractivity contribution in [2.75, 3.05) is 12.3 Å². The van der Waals surface area contributed by atoms with Crippen molar-refractivity contribution < 1.29 is 10.9 Å². The monoisotopic (exact) mass is 616 g/mol. The summed E-state index contributed by atoms with van der Waals surface area (Å²) < 4.78 is 0. The molecule has 0 atom stereocenters. The fourth-order valence-corrected chi connectivity index (χ4v) is 9.92. The van der Waals surface area contributed by atoms with Gasteiger partial charge in [-0.2, -0.15) is 0 Å². The second kappa shape index (κ2) is 14.4. The van der Waals surface area contributed by atoms with Gasteiger partial charge in [-0.1, -0.05) is 72.8 Å². The van der Waals surface area contributed by atoms with Crippen LogP contribution in [0.3, 0.4) is 0 Å². The van der Waals surface area contributed by atoms with E-state index in [4.69, 9.17) is 0 Å². The normalized spacial score (nSPS) is 10.7. The van der Waals surface area contributed by atoms with E-state index in [2.05, 4.69) is 150 Å². The molecule has 0 saturated heterocycles. The van der Waals surface area contributed by atoms with Crippen LogP contribution < -0.4 is 21.2 Å². The average Bonchev–Trinajstić information content (AvgIpc) is 2.85. The molecule has 0 spiro atoms. The second-order valence-electron chi connectivity index (χ2n) is 6.97. The molecule has 5 heteroatoms. The Kier molecular flexibility index (Phi) is 11.5. The summed E-state index contributed by atoms with van der Waals surface area (Å²) in [6.07, 6.45) is 2.52. The molecular weight excluding hydrogens is 593 g/mol. The molecule has 0 unspecified atom stereocenters. The van der Waals surface area contributed by atoms with Crippen molar-refractivity contribution in [2.24, 2.45) is 0 Å². The van der Waals surface area contributed by atoms with Crippen LogP contribution in [0.2, 0.25) is 0 Å². The molecule has 4 rings (SSSR count). The van der Waals surface area contributed by atoms with E-state index in [9.17, 15) is 0 Å². The summed E-state index contributed by atoms with van der Waals surface area (Å²) in [7, 11) is -0.317. The van der Waals surface area contributed by atoms with E-state index >= 15 is 0 Å². The summed E-state index contributed by atoms with van der Waals surface area (Å²) in [6, 6.07) is 44.5. The van der Waals surface area contributed by atoms with Gasteiger partial charge < -0.3 is 0 Å². The van der Waals surface area contributed by atoms with Crippen LogP contribution in [0.4, 0.5) is 0 Å². The van der Waals surface area contributed by atoms with Crippen molar-refractivity contribution >= 4 is 65.5 Å². The Morgan fingerprint density at radius 3 is 0.806 bits per heavy atom. The predicted octanol–water partition coefficient (Wildman–Crippen LogP) is 6.41. The van der Waals surface area contributed by atoms with Gasteiger partial charge in [0, 0.05) is 0 Å². The molecule has 0 bridgehead atoms. The first-order chi connectivity index (χ1) is 15.3. The van der Waals surface area contributed by atoms with E-state index in [0.717, 1.165) is 0 Å². The third-order valence-electron chi connectivity index (χ3n) is 5.11. The first-order valence-corrected chi connectivity index (χ1v) is 18.4. The molecule has 162 valence electrons. The number of benzene rings is 4. The molecule has 0 fully saturated rings. The third-order valence-corrected chi connectivity index (χ3v) is 11.2. The zero-order chi connectivity index (χ0) is 21.7. The summed E-state index contributed by atoms with van der Waals surface area (Å²) in [6.45, 7) is 0. The molecular formula is C26H26Br2NiP2+2. The third kappa shape index (κ3) is 7.92. The van der Waals surface area contributed by atoms with Crippen LogP contribution >= 0.6 is 44.3 Å². The molecule has 0 aliphatic carbocycles. The standard InChI is InChI=1S/C26H24P2.2BrH.Ni/c1-5-13-23(14-6-1)27(24-15-7-2-8-16-24)21-22-28(25-17-9-3-10-18-25)26-19-11-4-12-20-26;;;/h1-20H,21-22H2;2*1H;/q;;;+2. The Bertz CT molecular complexity index is 825. The van der Waals surface area contributed by atoms with Gasteiger partial charge in [0.05, 0.1) is 37.1 Å². The van der Waals surface area contributed by atoms with Gasteiger partial charge in [0.2, 0.25) is 0 Å². The van der Waals surface area contributed by atoms with E-state index in [1.807, 2.05) is 0 Å². The summed E-state index contributed by atoms with van der Waals surface area (Å²) in [4.78, 5) is 0. The van der Waals surface area contributed by atoms with Gasteiger partial charge in [-0.3, -0.25) is 0 Å². The number of hydrogen-bond acceptors (Lipinski definition) is 0. The summed E-state index contributed by atoms with van der Waals surface area (Å²) in [5, 5.41) is 6.06. The van der Waals surface area contributed by atoms with E-state index < -0.39 is 15.8 Å². The summed E-state index contributed by atoms with van der Waals surface area (Å²) >= 11 is 6.00. The fraction of sp³-hybridized carbons (Fsp3) is 0.0769. The van der Waals surface area contributed by atoms with Gasteiger partial charge in [0.1, 0.15) is 12.3 Å². The topological polar surface area (TPSA) is 0 Å².